The summed E-state index contributed by atoms with van der Waals surface area (Å²) >= 11 is 11.8. The number of esters is 1. The highest BCUT2D eigenvalue weighted by Crippen LogP contribution is 2.23. The lowest BCUT2D eigenvalue weighted by atomic mass is 10.2. The molecule has 1 atom stereocenters. The van der Waals surface area contributed by atoms with E-state index in [1.54, 1.807) is 49.4 Å². The molecule has 7 heteroatoms. The number of halogens is 2. The second kappa shape index (κ2) is 8.74. The number of hydrogen-bond donors (Lipinski definition) is 1. The summed E-state index contributed by atoms with van der Waals surface area (Å²) in [5.41, 5.74) is 1.31. The Balaban J connectivity index is 1.84. The molecule has 0 spiro atoms. The number of hydrogen-bond acceptors (Lipinski definition) is 4. The van der Waals surface area contributed by atoms with E-state index in [-0.39, 0.29) is 6.61 Å². The van der Waals surface area contributed by atoms with E-state index in [1.807, 2.05) is 0 Å². The second-order valence-corrected chi connectivity index (χ2v) is 6.12. The van der Waals surface area contributed by atoms with E-state index in [1.165, 1.54) is 6.92 Å². The van der Waals surface area contributed by atoms with E-state index in [9.17, 15) is 9.59 Å². The predicted molar refractivity (Wildman–Crippen MR) is 97.3 cm³/mol. The maximum absolute atomic E-state index is 12.1. The van der Waals surface area contributed by atoms with Crippen molar-refractivity contribution in [1.29, 1.82) is 0 Å². The Morgan fingerprint density at radius 1 is 1.12 bits per heavy atom. The van der Waals surface area contributed by atoms with Crippen LogP contribution < -0.4 is 10.1 Å². The van der Waals surface area contributed by atoms with Gasteiger partial charge in [0.15, 0.2) is 12.7 Å². The second-order valence-electron chi connectivity index (χ2n) is 5.28. The first-order valence-corrected chi connectivity index (χ1v) is 8.26. The number of carbonyl (C=O) groups is 2. The summed E-state index contributed by atoms with van der Waals surface area (Å²) in [4.78, 5) is 23.9. The smallest absolute Gasteiger partial charge is 0.344 e. The normalized spacial score (nSPS) is 11.5. The van der Waals surface area contributed by atoms with Crippen LogP contribution in [0.3, 0.4) is 0 Å². The predicted octanol–water partition coefficient (Wildman–Crippen LogP) is 4.25. The minimum atomic E-state index is -0.973. The first kappa shape index (κ1) is 19.1. The Morgan fingerprint density at radius 2 is 1.80 bits per heavy atom. The lowest BCUT2D eigenvalue weighted by molar-refractivity contribution is -0.155. The van der Waals surface area contributed by atoms with Crippen molar-refractivity contribution in [1.82, 2.24) is 0 Å². The molecule has 132 valence electrons. The van der Waals surface area contributed by atoms with Crippen molar-refractivity contribution in [2.24, 2.45) is 0 Å². The fraction of sp³-hybridized carbons (Fsp3) is 0.222. The van der Waals surface area contributed by atoms with Crippen molar-refractivity contribution >= 4 is 40.8 Å². The Bertz CT molecular complexity index is 762. The van der Waals surface area contributed by atoms with Crippen LogP contribution in [0, 0.1) is 6.92 Å². The van der Waals surface area contributed by atoms with E-state index in [0.717, 1.165) is 5.56 Å². The lowest BCUT2D eigenvalue weighted by Gasteiger charge is -2.15. The van der Waals surface area contributed by atoms with Gasteiger partial charge in [0.25, 0.3) is 5.91 Å². The van der Waals surface area contributed by atoms with Crippen LogP contribution in [-0.4, -0.2) is 24.6 Å². The van der Waals surface area contributed by atoms with Gasteiger partial charge in [0.1, 0.15) is 5.75 Å². The fourth-order valence-electron chi connectivity index (χ4n) is 1.94. The van der Waals surface area contributed by atoms with Gasteiger partial charge in [0.2, 0.25) is 0 Å². The molecule has 0 aliphatic rings. The van der Waals surface area contributed by atoms with Gasteiger partial charge in [-0.2, -0.15) is 0 Å². The van der Waals surface area contributed by atoms with Gasteiger partial charge in [0.05, 0.1) is 0 Å². The fourth-order valence-corrected chi connectivity index (χ4v) is 2.24. The zero-order valence-corrected chi connectivity index (χ0v) is 15.2. The van der Waals surface area contributed by atoms with Gasteiger partial charge in [-0.3, -0.25) is 4.79 Å². The van der Waals surface area contributed by atoms with Crippen molar-refractivity contribution in [2.75, 3.05) is 11.9 Å². The summed E-state index contributed by atoms with van der Waals surface area (Å²) in [6, 6.07) is 11.7. The maximum atomic E-state index is 12.1. The molecule has 0 fully saturated rings. The van der Waals surface area contributed by atoms with E-state index in [2.05, 4.69) is 5.32 Å². The van der Waals surface area contributed by atoms with Crippen LogP contribution in [0.1, 0.15) is 12.5 Å². The summed E-state index contributed by atoms with van der Waals surface area (Å²) in [6.07, 6.45) is -0.973. The monoisotopic (exact) mass is 381 g/mol. The average molecular weight is 382 g/mol. The maximum Gasteiger partial charge on any atom is 0.344 e. The quantitative estimate of drug-likeness (QED) is 0.759. The van der Waals surface area contributed by atoms with Crippen LogP contribution in [0.5, 0.6) is 5.75 Å². The van der Waals surface area contributed by atoms with Gasteiger partial charge in [0, 0.05) is 15.7 Å². The molecular weight excluding hydrogens is 365 g/mol. The lowest BCUT2D eigenvalue weighted by Crippen LogP contribution is -2.31. The summed E-state index contributed by atoms with van der Waals surface area (Å²) < 4.78 is 10.3. The zero-order valence-electron chi connectivity index (χ0n) is 13.7. The summed E-state index contributed by atoms with van der Waals surface area (Å²) in [7, 11) is 0. The molecule has 1 amide bonds. The van der Waals surface area contributed by atoms with Gasteiger partial charge in [-0.25, -0.2) is 4.79 Å². The van der Waals surface area contributed by atoms with Crippen LogP contribution in [0.4, 0.5) is 5.69 Å². The van der Waals surface area contributed by atoms with Gasteiger partial charge >= 0.3 is 5.97 Å². The molecule has 1 unspecified atom stereocenters. The molecule has 1 N–H and O–H groups in total. The highest BCUT2D eigenvalue weighted by molar-refractivity contribution is 6.31. The molecule has 0 aliphatic heterocycles. The minimum absolute atomic E-state index is 0.310. The molecule has 0 aliphatic carbocycles. The molecule has 0 aromatic heterocycles. The minimum Gasteiger partial charge on any atom is -0.482 e. The highest BCUT2D eigenvalue weighted by Gasteiger charge is 2.19. The average Bonchev–Trinajstić information content (AvgIpc) is 2.58. The SMILES string of the molecule is Cc1c(Cl)cccc1NC(=O)C(C)OC(=O)COc1ccc(Cl)cc1. The summed E-state index contributed by atoms with van der Waals surface area (Å²) in [5.74, 6) is -0.626. The molecule has 2 aromatic carbocycles. The van der Waals surface area contributed by atoms with Crippen molar-refractivity contribution in [3.8, 4) is 5.75 Å². The summed E-state index contributed by atoms with van der Waals surface area (Å²) in [5, 5.41) is 3.79. The molecule has 0 saturated carbocycles. The van der Waals surface area contributed by atoms with Gasteiger partial charge in [-0.15, -0.1) is 0 Å². The van der Waals surface area contributed by atoms with Crippen LogP contribution >= 0.6 is 23.2 Å². The van der Waals surface area contributed by atoms with Gasteiger partial charge < -0.3 is 14.8 Å². The summed E-state index contributed by atoms with van der Waals surface area (Å²) in [6.45, 7) is 2.96. The third-order valence-corrected chi connectivity index (χ3v) is 4.03. The van der Waals surface area contributed by atoms with E-state index < -0.39 is 18.0 Å². The van der Waals surface area contributed by atoms with E-state index >= 15 is 0 Å². The number of anilines is 1. The molecule has 25 heavy (non-hydrogen) atoms. The number of carbonyl (C=O) groups excluding carboxylic acids is 2. The molecule has 0 bridgehead atoms. The van der Waals surface area contributed by atoms with E-state index in [4.69, 9.17) is 32.7 Å². The molecule has 0 saturated heterocycles. The third kappa shape index (κ3) is 5.66. The van der Waals surface area contributed by atoms with Crippen molar-refractivity contribution < 1.29 is 19.1 Å². The van der Waals surface area contributed by atoms with Crippen LogP contribution in [0.2, 0.25) is 10.0 Å². The van der Waals surface area contributed by atoms with Crippen molar-refractivity contribution in [2.45, 2.75) is 20.0 Å². The molecule has 0 radical (unpaired) electrons. The Labute approximate surface area is 155 Å². The van der Waals surface area contributed by atoms with Crippen molar-refractivity contribution in [3.63, 3.8) is 0 Å². The Kier molecular flexibility index (Phi) is 6.67. The molecular formula is C18H17Cl2NO4. The van der Waals surface area contributed by atoms with E-state index in [0.29, 0.717) is 21.5 Å². The molecule has 2 rings (SSSR count). The van der Waals surface area contributed by atoms with Crippen LogP contribution in [-0.2, 0) is 14.3 Å². The van der Waals surface area contributed by atoms with Crippen LogP contribution in [0.25, 0.3) is 0 Å². The molecule has 2 aromatic rings. The number of amides is 1. The Morgan fingerprint density at radius 3 is 2.48 bits per heavy atom. The highest BCUT2D eigenvalue weighted by atomic mass is 35.5. The van der Waals surface area contributed by atoms with Gasteiger partial charge in [-0.1, -0.05) is 29.3 Å². The Hall–Kier alpha value is -2.24. The number of nitrogens with one attached hydrogen (secondary N) is 1. The van der Waals surface area contributed by atoms with Crippen molar-refractivity contribution in [3.05, 3.63) is 58.1 Å². The third-order valence-electron chi connectivity index (χ3n) is 3.37. The number of rotatable bonds is 6. The molecule has 0 heterocycles. The van der Waals surface area contributed by atoms with Gasteiger partial charge in [-0.05, 0) is 55.8 Å². The standard InChI is InChI=1S/C18H17Cl2NO4/c1-11-15(20)4-3-5-16(11)21-18(23)12(2)25-17(22)10-24-14-8-6-13(19)7-9-14/h3-9,12H,10H2,1-2H3,(H,21,23). The molecule has 5 nitrogen and oxygen atoms in total. The first-order valence-electron chi connectivity index (χ1n) is 7.50. The number of ether oxygens (including phenoxy) is 2. The topological polar surface area (TPSA) is 64.6 Å². The zero-order chi connectivity index (χ0) is 18.4. The van der Waals surface area contributed by atoms with Crippen LogP contribution in [0.15, 0.2) is 42.5 Å². The first-order chi connectivity index (χ1) is 11.9. The number of benzene rings is 2. The largest absolute Gasteiger partial charge is 0.482 e.